The number of nitrogens with two attached hydrogens (primary N) is 1. The molecule has 2 rings (SSSR count). The highest BCUT2D eigenvalue weighted by molar-refractivity contribution is 6.37. The fourth-order valence-electron chi connectivity index (χ4n) is 1.85. The summed E-state index contributed by atoms with van der Waals surface area (Å²) in [5.74, 6) is 7.05. The first-order chi connectivity index (χ1) is 10.0. The van der Waals surface area contributed by atoms with Crippen LogP contribution in [0.5, 0.6) is 5.75 Å². The predicted octanol–water partition coefficient (Wildman–Crippen LogP) is 3.86. The van der Waals surface area contributed by atoms with E-state index >= 15 is 0 Å². The van der Waals surface area contributed by atoms with Crippen LogP contribution < -0.4 is 21.3 Å². The molecule has 2 aromatic rings. The van der Waals surface area contributed by atoms with Crippen molar-refractivity contribution in [1.29, 1.82) is 0 Å². The standard InChI is InChI=1S/C14H16Cl2N4O/c1-8(9-3-5-10(21-2)6-4-9)18-13-11(15)7-12(16)14(19-13)20-17/h3-8H,17H2,1-2H3,(H2,18,19,20). The van der Waals surface area contributed by atoms with Gasteiger partial charge in [-0.1, -0.05) is 35.3 Å². The van der Waals surface area contributed by atoms with E-state index in [-0.39, 0.29) is 6.04 Å². The zero-order valence-corrected chi connectivity index (χ0v) is 13.2. The number of nitrogen functional groups attached to an aromatic ring is 1. The van der Waals surface area contributed by atoms with Crippen molar-refractivity contribution < 1.29 is 4.74 Å². The van der Waals surface area contributed by atoms with Crippen molar-refractivity contribution in [2.45, 2.75) is 13.0 Å². The smallest absolute Gasteiger partial charge is 0.161 e. The molecular formula is C14H16Cl2N4O. The minimum absolute atomic E-state index is 0.00714. The molecule has 0 amide bonds. The summed E-state index contributed by atoms with van der Waals surface area (Å²) in [4.78, 5) is 4.25. The Balaban J connectivity index is 2.20. The first kappa shape index (κ1) is 15.7. The second-order valence-electron chi connectivity index (χ2n) is 4.43. The topological polar surface area (TPSA) is 72.2 Å². The van der Waals surface area contributed by atoms with Gasteiger partial charge in [0, 0.05) is 6.04 Å². The van der Waals surface area contributed by atoms with Crippen molar-refractivity contribution in [3.05, 3.63) is 45.9 Å². The molecule has 21 heavy (non-hydrogen) atoms. The summed E-state index contributed by atoms with van der Waals surface area (Å²) in [5, 5.41) is 4.02. The van der Waals surface area contributed by atoms with E-state index in [0.29, 0.717) is 21.7 Å². The molecule has 0 aliphatic carbocycles. The summed E-state index contributed by atoms with van der Waals surface area (Å²) in [7, 11) is 1.63. The van der Waals surface area contributed by atoms with E-state index in [1.54, 1.807) is 13.2 Å². The zero-order chi connectivity index (χ0) is 15.4. The number of anilines is 2. The van der Waals surface area contributed by atoms with Gasteiger partial charge in [-0.15, -0.1) is 0 Å². The minimum Gasteiger partial charge on any atom is -0.497 e. The van der Waals surface area contributed by atoms with Crippen LogP contribution in [0, 0.1) is 0 Å². The van der Waals surface area contributed by atoms with E-state index in [9.17, 15) is 0 Å². The number of hydrazine groups is 1. The second-order valence-corrected chi connectivity index (χ2v) is 5.25. The molecule has 0 saturated heterocycles. The first-order valence-corrected chi connectivity index (χ1v) is 7.04. The van der Waals surface area contributed by atoms with Gasteiger partial charge in [0.15, 0.2) is 5.82 Å². The molecule has 0 aliphatic rings. The number of nitrogens with zero attached hydrogens (tertiary/aromatic N) is 1. The van der Waals surface area contributed by atoms with E-state index in [0.717, 1.165) is 11.3 Å². The third kappa shape index (κ3) is 3.69. The van der Waals surface area contributed by atoms with Crippen LogP contribution in [0.15, 0.2) is 30.3 Å². The fraction of sp³-hybridized carbons (Fsp3) is 0.214. The van der Waals surface area contributed by atoms with Crippen LogP contribution in [0.25, 0.3) is 0 Å². The lowest BCUT2D eigenvalue weighted by atomic mass is 10.1. The highest BCUT2D eigenvalue weighted by Gasteiger charge is 2.12. The van der Waals surface area contributed by atoms with Gasteiger partial charge in [0.1, 0.15) is 11.6 Å². The van der Waals surface area contributed by atoms with Gasteiger partial charge in [0.25, 0.3) is 0 Å². The molecule has 0 saturated carbocycles. The molecule has 0 fully saturated rings. The van der Waals surface area contributed by atoms with Crippen LogP contribution in [0.4, 0.5) is 11.6 Å². The molecule has 1 unspecified atom stereocenters. The molecule has 0 aliphatic heterocycles. The molecule has 4 N–H and O–H groups in total. The lowest BCUT2D eigenvalue weighted by molar-refractivity contribution is 0.414. The van der Waals surface area contributed by atoms with Gasteiger partial charge in [-0.25, -0.2) is 10.8 Å². The molecule has 1 aromatic carbocycles. The van der Waals surface area contributed by atoms with Gasteiger partial charge in [-0.3, -0.25) is 0 Å². The van der Waals surface area contributed by atoms with E-state index in [1.807, 2.05) is 31.2 Å². The van der Waals surface area contributed by atoms with Crippen molar-refractivity contribution in [1.82, 2.24) is 4.98 Å². The van der Waals surface area contributed by atoms with E-state index < -0.39 is 0 Å². The molecule has 0 spiro atoms. The average Bonchev–Trinajstić information content (AvgIpc) is 2.50. The summed E-state index contributed by atoms with van der Waals surface area (Å²) in [5.41, 5.74) is 3.51. The highest BCUT2D eigenvalue weighted by atomic mass is 35.5. The highest BCUT2D eigenvalue weighted by Crippen LogP contribution is 2.31. The normalized spacial score (nSPS) is 11.9. The number of hydrogen-bond acceptors (Lipinski definition) is 5. The molecule has 1 heterocycles. The van der Waals surface area contributed by atoms with E-state index in [2.05, 4.69) is 15.7 Å². The second kappa shape index (κ2) is 6.85. The Morgan fingerprint density at radius 2 is 1.76 bits per heavy atom. The molecule has 5 nitrogen and oxygen atoms in total. The van der Waals surface area contributed by atoms with Crippen LogP contribution in [0.3, 0.4) is 0 Å². The van der Waals surface area contributed by atoms with Gasteiger partial charge in [0.2, 0.25) is 0 Å². The molecule has 1 atom stereocenters. The number of methoxy groups -OCH3 is 1. The minimum atomic E-state index is 0.00714. The third-order valence-electron chi connectivity index (χ3n) is 3.04. The van der Waals surface area contributed by atoms with Gasteiger partial charge in [-0.05, 0) is 30.7 Å². The van der Waals surface area contributed by atoms with Crippen LogP contribution in [-0.2, 0) is 0 Å². The largest absolute Gasteiger partial charge is 0.497 e. The first-order valence-electron chi connectivity index (χ1n) is 6.28. The Labute approximate surface area is 133 Å². The number of benzene rings is 1. The maximum Gasteiger partial charge on any atom is 0.161 e. The van der Waals surface area contributed by atoms with Crippen molar-refractivity contribution >= 4 is 34.8 Å². The molecule has 112 valence electrons. The molecule has 0 radical (unpaired) electrons. The van der Waals surface area contributed by atoms with Gasteiger partial charge >= 0.3 is 0 Å². The van der Waals surface area contributed by atoms with Crippen LogP contribution in [0.2, 0.25) is 10.0 Å². The van der Waals surface area contributed by atoms with Crippen molar-refractivity contribution in [2.75, 3.05) is 17.9 Å². The Kier molecular flexibility index (Phi) is 5.12. The number of rotatable bonds is 5. The lowest BCUT2D eigenvalue weighted by Crippen LogP contribution is -2.13. The number of nitrogens with one attached hydrogen (secondary N) is 2. The Hall–Kier alpha value is -1.69. The predicted molar refractivity (Wildman–Crippen MR) is 87.1 cm³/mol. The summed E-state index contributed by atoms with van der Waals surface area (Å²) >= 11 is 12.1. The SMILES string of the molecule is COc1ccc(C(C)Nc2nc(NN)c(Cl)cc2Cl)cc1. The average molecular weight is 327 g/mol. The summed E-state index contributed by atoms with van der Waals surface area (Å²) in [6, 6.07) is 9.35. The Morgan fingerprint density at radius 3 is 2.33 bits per heavy atom. The Bertz CT molecular complexity index is 619. The van der Waals surface area contributed by atoms with Crippen molar-refractivity contribution in [3.63, 3.8) is 0 Å². The third-order valence-corrected chi connectivity index (χ3v) is 3.61. The maximum atomic E-state index is 6.14. The molecule has 0 bridgehead atoms. The van der Waals surface area contributed by atoms with Crippen LogP contribution >= 0.6 is 23.2 Å². The number of ether oxygens (including phenoxy) is 1. The number of pyridine rings is 1. The van der Waals surface area contributed by atoms with Crippen LogP contribution in [0.1, 0.15) is 18.5 Å². The van der Waals surface area contributed by atoms with Crippen LogP contribution in [-0.4, -0.2) is 12.1 Å². The monoisotopic (exact) mass is 326 g/mol. The molecule has 1 aromatic heterocycles. The number of hydrogen-bond donors (Lipinski definition) is 3. The van der Waals surface area contributed by atoms with Gasteiger partial charge in [-0.2, -0.15) is 0 Å². The summed E-state index contributed by atoms with van der Waals surface area (Å²) in [6.45, 7) is 2.00. The van der Waals surface area contributed by atoms with Crippen molar-refractivity contribution in [3.8, 4) is 5.75 Å². The van der Waals surface area contributed by atoms with Gasteiger partial charge < -0.3 is 15.5 Å². The molecular weight excluding hydrogens is 311 g/mol. The van der Waals surface area contributed by atoms with Crippen molar-refractivity contribution in [2.24, 2.45) is 5.84 Å². The van der Waals surface area contributed by atoms with E-state index in [4.69, 9.17) is 33.8 Å². The van der Waals surface area contributed by atoms with Gasteiger partial charge in [0.05, 0.1) is 17.2 Å². The van der Waals surface area contributed by atoms with E-state index in [1.165, 1.54) is 0 Å². The maximum absolute atomic E-state index is 6.14. The quantitative estimate of drug-likeness (QED) is 0.575. The Morgan fingerprint density at radius 1 is 1.14 bits per heavy atom. The summed E-state index contributed by atoms with van der Waals surface area (Å²) in [6.07, 6.45) is 0. The number of aromatic nitrogens is 1. The lowest BCUT2D eigenvalue weighted by Gasteiger charge is -2.17. The summed E-state index contributed by atoms with van der Waals surface area (Å²) < 4.78 is 5.14. The molecule has 7 heteroatoms. The zero-order valence-electron chi connectivity index (χ0n) is 11.7. The number of halogens is 2. The fourth-order valence-corrected chi connectivity index (χ4v) is 2.32.